The highest BCUT2D eigenvalue weighted by atomic mass is 35.5. The van der Waals surface area contributed by atoms with Gasteiger partial charge in [-0.3, -0.25) is 4.99 Å². The lowest BCUT2D eigenvalue weighted by atomic mass is 9.96. The Bertz CT molecular complexity index is 790. The zero-order valence-corrected chi connectivity index (χ0v) is 13.5. The predicted molar refractivity (Wildman–Crippen MR) is 91.9 cm³/mol. The van der Waals surface area contributed by atoms with Crippen LogP contribution in [0.25, 0.3) is 0 Å². The maximum Gasteiger partial charge on any atom is 0.128 e. The van der Waals surface area contributed by atoms with E-state index in [4.69, 9.17) is 11.6 Å². The molecule has 23 heavy (non-hydrogen) atoms. The zero-order valence-electron chi connectivity index (χ0n) is 12.8. The van der Waals surface area contributed by atoms with Gasteiger partial charge in [0.25, 0.3) is 0 Å². The summed E-state index contributed by atoms with van der Waals surface area (Å²) < 4.78 is 14.4. The Morgan fingerprint density at radius 3 is 2.87 bits per heavy atom. The molecule has 2 aliphatic rings. The number of halogens is 2. The summed E-state index contributed by atoms with van der Waals surface area (Å²) in [6.07, 6.45) is 0. The zero-order chi connectivity index (χ0) is 16.0. The molecule has 5 heteroatoms. The summed E-state index contributed by atoms with van der Waals surface area (Å²) in [5, 5.41) is 4.15. The first kappa shape index (κ1) is 14.7. The fourth-order valence-electron chi connectivity index (χ4n) is 3.51. The molecule has 2 atom stereocenters. The van der Waals surface area contributed by atoms with Crippen LogP contribution in [0.5, 0.6) is 0 Å². The minimum absolute atomic E-state index is 0.205. The fourth-order valence-corrected chi connectivity index (χ4v) is 3.69. The summed E-state index contributed by atoms with van der Waals surface area (Å²) in [4.78, 5) is 6.79. The minimum atomic E-state index is -0.219. The maximum atomic E-state index is 14.4. The number of hydrogen-bond donors (Lipinski definition) is 1. The lowest BCUT2D eigenvalue weighted by Gasteiger charge is -2.26. The molecule has 2 aromatic carbocycles. The number of nitrogens with one attached hydrogen (secondary N) is 1. The molecular formula is C18H17ClFN3. The number of benzene rings is 2. The lowest BCUT2D eigenvalue weighted by molar-refractivity contribution is 0.535. The molecule has 4 rings (SSSR count). The second-order valence-electron chi connectivity index (χ2n) is 5.98. The van der Waals surface area contributed by atoms with Crippen LogP contribution in [0.2, 0.25) is 5.02 Å². The molecule has 0 radical (unpaired) electrons. The van der Waals surface area contributed by atoms with E-state index in [1.54, 1.807) is 6.07 Å². The van der Waals surface area contributed by atoms with E-state index < -0.39 is 0 Å². The smallest absolute Gasteiger partial charge is 0.128 e. The largest absolute Gasteiger partial charge is 0.324 e. The Morgan fingerprint density at radius 2 is 2.04 bits per heavy atom. The molecule has 0 fully saturated rings. The van der Waals surface area contributed by atoms with Crippen molar-refractivity contribution in [3.63, 3.8) is 0 Å². The third kappa shape index (κ3) is 2.42. The van der Waals surface area contributed by atoms with Crippen molar-refractivity contribution in [2.24, 2.45) is 4.99 Å². The van der Waals surface area contributed by atoms with Crippen LogP contribution in [0, 0.1) is 5.82 Å². The van der Waals surface area contributed by atoms with E-state index >= 15 is 0 Å². The van der Waals surface area contributed by atoms with E-state index in [9.17, 15) is 4.39 Å². The number of fused-ring (bicyclic) bond motifs is 3. The van der Waals surface area contributed by atoms with Crippen LogP contribution in [-0.4, -0.2) is 25.0 Å². The number of anilines is 1. The fraction of sp³-hybridized carbons (Fsp3) is 0.278. The van der Waals surface area contributed by atoms with Gasteiger partial charge in [0.15, 0.2) is 0 Å². The molecule has 2 heterocycles. The van der Waals surface area contributed by atoms with Gasteiger partial charge in [0.05, 0.1) is 18.6 Å². The van der Waals surface area contributed by atoms with Crippen LogP contribution >= 0.6 is 11.6 Å². The Morgan fingerprint density at radius 1 is 1.22 bits per heavy atom. The predicted octanol–water partition coefficient (Wildman–Crippen LogP) is 3.78. The van der Waals surface area contributed by atoms with Crippen LogP contribution < -0.4 is 10.2 Å². The first-order valence-electron chi connectivity index (χ1n) is 7.72. The van der Waals surface area contributed by atoms with E-state index in [2.05, 4.69) is 15.2 Å². The second kappa shape index (κ2) is 5.62. The summed E-state index contributed by atoms with van der Waals surface area (Å²) in [5.74, 6) is 0.790. The standard InChI is InChI=1S/C18H17ClFN3/c1-11-21-9-13-10-22-18(14-4-2-3-5-16(14)20)15-8-12(19)6-7-17(15)23(11)13/h2-8,13,18,22H,9-10H2,1H3/t13-,18+/m1/s1. The molecule has 1 N–H and O–H groups in total. The number of amidine groups is 1. The van der Waals surface area contributed by atoms with Gasteiger partial charge in [-0.05, 0) is 36.8 Å². The van der Waals surface area contributed by atoms with Crippen molar-refractivity contribution < 1.29 is 4.39 Å². The number of hydrogen-bond acceptors (Lipinski definition) is 3. The van der Waals surface area contributed by atoms with Gasteiger partial charge in [-0.15, -0.1) is 0 Å². The van der Waals surface area contributed by atoms with Crippen molar-refractivity contribution in [2.45, 2.75) is 19.0 Å². The van der Waals surface area contributed by atoms with Crippen molar-refractivity contribution in [1.82, 2.24) is 5.32 Å². The summed E-state index contributed by atoms with van der Waals surface area (Å²) in [5.41, 5.74) is 2.68. The van der Waals surface area contributed by atoms with Gasteiger partial charge in [-0.1, -0.05) is 29.8 Å². The number of nitrogens with zero attached hydrogens (tertiary/aromatic N) is 2. The Kier molecular flexibility index (Phi) is 3.58. The van der Waals surface area contributed by atoms with Crippen LogP contribution in [0.4, 0.5) is 10.1 Å². The Hall–Kier alpha value is -1.91. The van der Waals surface area contributed by atoms with Crippen molar-refractivity contribution >= 4 is 23.1 Å². The lowest BCUT2D eigenvalue weighted by Crippen LogP contribution is -2.40. The normalized spacial score (nSPS) is 23.1. The van der Waals surface area contributed by atoms with Crippen molar-refractivity contribution in [3.8, 4) is 0 Å². The Labute approximate surface area is 139 Å². The highest BCUT2D eigenvalue weighted by Gasteiger charge is 2.34. The van der Waals surface area contributed by atoms with Crippen molar-refractivity contribution in [2.75, 3.05) is 18.0 Å². The molecule has 0 saturated heterocycles. The van der Waals surface area contributed by atoms with Gasteiger partial charge in [0.2, 0.25) is 0 Å². The summed E-state index contributed by atoms with van der Waals surface area (Å²) in [7, 11) is 0. The van der Waals surface area contributed by atoms with Gasteiger partial charge in [-0.2, -0.15) is 0 Å². The molecule has 2 aliphatic heterocycles. The molecule has 118 valence electrons. The van der Waals surface area contributed by atoms with Crippen LogP contribution in [0.3, 0.4) is 0 Å². The van der Waals surface area contributed by atoms with E-state index in [1.165, 1.54) is 6.07 Å². The monoisotopic (exact) mass is 329 g/mol. The molecule has 0 unspecified atom stereocenters. The molecule has 3 nitrogen and oxygen atoms in total. The third-order valence-electron chi connectivity index (χ3n) is 4.58. The molecular weight excluding hydrogens is 313 g/mol. The average Bonchev–Trinajstić information content (AvgIpc) is 2.82. The summed E-state index contributed by atoms with van der Waals surface area (Å²) >= 11 is 6.23. The number of rotatable bonds is 1. The first-order chi connectivity index (χ1) is 11.1. The third-order valence-corrected chi connectivity index (χ3v) is 4.81. The van der Waals surface area contributed by atoms with E-state index in [0.717, 1.165) is 30.2 Å². The minimum Gasteiger partial charge on any atom is -0.324 e. The van der Waals surface area contributed by atoms with Crippen molar-refractivity contribution in [1.29, 1.82) is 0 Å². The van der Waals surface area contributed by atoms with Gasteiger partial charge in [0.1, 0.15) is 11.7 Å². The molecule has 0 aromatic heterocycles. The van der Waals surface area contributed by atoms with Crippen LogP contribution in [0.15, 0.2) is 47.5 Å². The molecule has 0 bridgehead atoms. The summed E-state index contributed by atoms with van der Waals surface area (Å²) in [6, 6.07) is 12.8. The van der Waals surface area contributed by atoms with Gasteiger partial charge >= 0.3 is 0 Å². The van der Waals surface area contributed by atoms with E-state index in [1.807, 2.05) is 37.3 Å². The molecule has 0 saturated carbocycles. The van der Waals surface area contributed by atoms with E-state index in [-0.39, 0.29) is 17.9 Å². The maximum absolute atomic E-state index is 14.4. The molecule has 0 amide bonds. The van der Waals surface area contributed by atoms with Crippen molar-refractivity contribution in [3.05, 3.63) is 64.4 Å². The van der Waals surface area contributed by atoms with E-state index in [0.29, 0.717) is 10.6 Å². The highest BCUT2D eigenvalue weighted by molar-refractivity contribution is 6.30. The Balaban J connectivity index is 1.90. The SMILES string of the molecule is CC1=NC[C@@H]2CN[C@@H](c3ccccc3F)c3cc(Cl)ccc3N12. The molecule has 0 spiro atoms. The van der Waals surface area contributed by atoms with Gasteiger partial charge < -0.3 is 10.2 Å². The molecule has 2 aromatic rings. The topological polar surface area (TPSA) is 27.6 Å². The average molecular weight is 330 g/mol. The van der Waals surface area contributed by atoms with Gasteiger partial charge in [-0.25, -0.2) is 4.39 Å². The van der Waals surface area contributed by atoms with Gasteiger partial charge in [0, 0.05) is 22.8 Å². The second-order valence-corrected chi connectivity index (χ2v) is 6.41. The quantitative estimate of drug-likeness (QED) is 0.862. The highest BCUT2D eigenvalue weighted by Crippen LogP contribution is 2.38. The summed E-state index contributed by atoms with van der Waals surface area (Å²) in [6.45, 7) is 3.51. The molecule has 0 aliphatic carbocycles. The first-order valence-corrected chi connectivity index (χ1v) is 8.10. The number of aliphatic imine (C=N–C) groups is 1. The van der Waals surface area contributed by atoms with Crippen LogP contribution in [-0.2, 0) is 0 Å². The van der Waals surface area contributed by atoms with Crippen LogP contribution in [0.1, 0.15) is 24.1 Å².